The number of likely N-dealkylation sites (tertiary alicyclic amines) is 1. The van der Waals surface area contributed by atoms with Gasteiger partial charge in [-0.05, 0) is 39.8 Å². The van der Waals surface area contributed by atoms with Gasteiger partial charge in [-0.25, -0.2) is 9.97 Å². The highest BCUT2D eigenvalue weighted by atomic mass is 15.3. The summed E-state index contributed by atoms with van der Waals surface area (Å²) in [6.45, 7) is 9.29. The third-order valence-corrected chi connectivity index (χ3v) is 5.36. The maximum atomic E-state index is 4.34. The molecule has 0 radical (unpaired) electrons. The van der Waals surface area contributed by atoms with Crippen molar-refractivity contribution in [2.45, 2.75) is 38.6 Å². The van der Waals surface area contributed by atoms with Crippen LogP contribution in [0.5, 0.6) is 0 Å². The topological polar surface area (TPSA) is 95.3 Å². The van der Waals surface area contributed by atoms with Crippen molar-refractivity contribution in [1.29, 1.82) is 0 Å². The predicted octanol–water partition coefficient (Wildman–Crippen LogP) is 1.20. The Hall–Kier alpha value is -2.42. The predicted molar refractivity (Wildman–Crippen MR) is 114 cm³/mol. The number of fused-ring (bicyclic) bond motifs is 1. The van der Waals surface area contributed by atoms with Crippen LogP contribution in [0, 0.1) is 0 Å². The molecular formula is C19H33N9. The average Bonchev–Trinajstić information content (AvgIpc) is 3.10. The molecule has 154 valence electrons. The van der Waals surface area contributed by atoms with Crippen molar-refractivity contribution in [2.75, 3.05) is 45.1 Å². The van der Waals surface area contributed by atoms with E-state index in [9.17, 15) is 0 Å². The van der Waals surface area contributed by atoms with Crippen LogP contribution in [0.1, 0.15) is 33.1 Å². The van der Waals surface area contributed by atoms with Crippen LogP contribution in [0.4, 0.5) is 5.82 Å². The number of anilines is 1. The van der Waals surface area contributed by atoms with Gasteiger partial charge in [-0.1, -0.05) is 6.42 Å². The molecule has 1 fully saturated rings. The van der Waals surface area contributed by atoms with Crippen molar-refractivity contribution < 1.29 is 0 Å². The molecule has 1 aliphatic heterocycles. The summed E-state index contributed by atoms with van der Waals surface area (Å²) in [7, 11) is 3.68. The minimum absolute atomic E-state index is 0.114. The summed E-state index contributed by atoms with van der Waals surface area (Å²) in [6, 6.07) is 0. The van der Waals surface area contributed by atoms with Crippen molar-refractivity contribution in [2.24, 2.45) is 12.0 Å². The molecule has 1 aliphatic rings. The number of guanidine groups is 1. The van der Waals surface area contributed by atoms with Crippen molar-refractivity contribution in [3.63, 3.8) is 0 Å². The summed E-state index contributed by atoms with van der Waals surface area (Å²) in [5.74, 6) is 1.62. The van der Waals surface area contributed by atoms with Crippen LogP contribution in [0.25, 0.3) is 11.0 Å². The average molecular weight is 388 g/mol. The van der Waals surface area contributed by atoms with Crippen molar-refractivity contribution in [3.05, 3.63) is 12.5 Å². The number of hydrogen-bond acceptors (Lipinski definition) is 6. The fourth-order valence-corrected chi connectivity index (χ4v) is 3.60. The second kappa shape index (κ2) is 9.18. The van der Waals surface area contributed by atoms with Gasteiger partial charge in [0.2, 0.25) is 0 Å². The highest BCUT2D eigenvalue weighted by Gasteiger charge is 2.27. The Morgan fingerprint density at radius 2 is 1.93 bits per heavy atom. The van der Waals surface area contributed by atoms with Gasteiger partial charge in [-0.15, -0.1) is 0 Å². The molecule has 0 aromatic carbocycles. The van der Waals surface area contributed by atoms with Crippen molar-refractivity contribution in [1.82, 2.24) is 35.3 Å². The fraction of sp³-hybridized carbons (Fsp3) is 0.684. The molecule has 0 unspecified atom stereocenters. The minimum Gasteiger partial charge on any atom is -0.368 e. The number of nitrogens with zero attached hydrogens (tertiary/aromatic N) is 6. The van der Waals surface area contributed by atoms with E-state index in [4.69, 9.17) is 0 Å². The maximum absolute atomic E-state index is 4.34. The summed E-state index contributed by atoms with van der Waals surface area (Å²) in [5.41, 5.74) is 0.936. The van der Waals surface area contributed by atoms with Gasteiger partial charge < -0.3 is 16.0 Å². The van der Waals surface area contributed by atoms with E-state index in [0.29, 0.717) is 0 Å². The summed E-state index contributed by atoms with van der Waals surface area (Å²) in [4.78, 5) is 15.5. The number of aryl methyl sites for hydroxylation is 1. The standard InChI is InChI=1S/C19H33N9/c1-19(2,28-10-6-5-7-11-28)13-23-18(20-3)22-9-8-21-16-15-12-26-27(4)17(15)25-14-24-16/h12,14H,5-11,13H2,1-4H3,(H2,20,22,23)(H,21,24,25). The minimum atomic E-state index is 0.114. The van der Waals surface area contributed by atoms with E-state index in [1.165, 1.54) is 32.4 Å². The molecular weight excluding hydrogens is 354 g/mol. The lowest BCUT2D eigenvalue weighted by Crippen LogP contribution is -2.55. The maximum Gasteiger partial charge on any atom is 0.191 e. The van der Waals surface area contributed by atoms with Crippen LogP contribution in [0.2, 0.25) is 0 Å². The first-order valence-electron chi connectivity index (χ1n) is 10.1. The third-order valence-electron chi connectivity index (χ3n) is 5.36. The van der Waals surface area contributed by atoms with E-state index < -0.39 is 0 Å². The molecule has 3 rings (SSSR count). The molecule has 0 amide bonds. The van der Waals surface area contributed by atoms with Crippen LogP contribution in [0.3, 0.4) is 0 Å². The van der Waals surface area contributed by atoms with E-state index in [-0.39, 0.29) is 5.54 Å². The van der Waals surface area contributed by atoms with Crippen LogP contribution < -0.4 is 16.0 Å². The molecule has 0 bridgehead atoms. The Labute approximate surface area is 167 Å². The highest BCUT2D eigenvalue weighted by Crippen LogP contribution is 2.20. The van der Waals surface area contributed by atoms with Crippen LogP contribution >= 0.6 is 0 Å². The second-order valence-corrected chi connectivity index (χ2v) is 7.87. The molecule has 9 heteroatoms. The smallest absolute Gasteiger partial charge is 0.191 e. The first-order chi connectivity index (χ1) is 13.5. The van der Waals surface area contributed by atoms with E-state index in [1.807, 2.05) is 7.05 Å². The molecule has 1 saturated heterocycles. The van der Waals surface area contributed by atoms with Gasteiger partial charge in [0.1, 0.15) is 12.1 Å². The molecule has 9 nitrogen and oxygen atoms in total. The first-order valence-corrected chi connectivity index (χ1v) is 10.1. The summed E-state index contributed by atoms with van der Waals surface area (Å²) < 4.78 is 1.75. The largest absolute Gasteiger partial charge is 0.368 e. The summed E-state index contributed by atoms with van der Waals surface area (Å²) >= 11 is 0. The zero-order valence-electron chi connectivity index (χ0n) is 17.5. The van der Waals surface area contributed by atoms with Crippen LogP contribution in [0.15, 0.2) is 17.5 Å². The quantitative estimate of drug-likeness (QED) is 0.373. The lowest BCUT2D eigenvalue weighted by atomic mass is 9.98. The van der Waals surface area contributed by atoms with Crippen molar-refractivity contribution >= 4 is 22.8 Å². The second-order valence-electron chi connectivity index (χ2n) is 7.87. The fourth-order valence-electron chi connectivity index (χ4n) is 3.60. The van der Waals surface area contributed by atoms with Gasteiger partial charge in [0, 0.05) is 39.3 Å². The molecule has 0 atom stereocenters. The molecule has 0 spiro atoms. The van der Waals surface area contributed by atoms with Gasteiger partial charge >= 0.3 is 0 Å². The monoisotopic (exact) mass is 387 g/mol. The number of nitrogens with one attached hydrogen (secondary N) is 3. The third kappa shape index (κ3) is 4.89. The number of piperidine rings is 1. The summed E-state index contributed by atoms with van der Waals surface area (Å²) in [6.07, 6.45) is 7.30. The van der Waals surface area contributed by atoms with Gasteiger partial charge in [0.05, 0.1) is 11.6 Å². The number of aromatic nitrogens is 4. The molecule has 0 saturated carbocycles. The van der Waals surface area contributed by atoms with E-state index >= 15 is 0 Å². The van der Waals surface area contributed by atoms with Gasteiger partial charge in [0.15, 0.2) is 11.6 Å². The zero-order chi connectivity index (χ0) is 20.0. The molecule has 0 aliphatic carbocycles. The molecule has 2 aromatic heterocycles. The van der Waals surface area contributed by atoms with E-state index in [2.05, 4.69) is 54.8 Å². The van der Waals surface area contributed by atoms with Gasteiger partial charge in [-0.3, -0.25) is 14.6 Å². The van der Waals surface area contributed by atoms with E-state index in [1.54, 1.807) is 24.3 Å². The molecule has 3 N–H and O–H groups in total. The SMILES string of the molecule is CN=C(NCCNc1ncnc2c1cnn2C)NCC(C)(C)N1CCCCC1. The number of aliphatic imine (C=N–C) groups is 1. The van der Waals surface area contributed by atoms with E-state index in [0.717, 1.165) is 42.4 Å². The van der Waals surface area contributed by atoms with Crippen LogP contribution in [-0.2, 0) is 7.05 Å². The molecule has 28 heavy (non-hydrogen) atoms. The Kier molecular flexibility index (Phi) is 6.66. The Balaban J connectivity index is 1.44. The normalized spacial score (nSPS) is 16.4. The number of rotatable bonds is 7. The highest BCUT2D eigenvalue weighted by molar-refractivity contribution is 5.86. The lowest BCUT2D eigenvalue weighted by Gasteiger charge is -2.41. The Morgan fingerprint density at radius 1 is 1.14 bits per heavy atom. The first kappa shape index (κ1) is 20.3. The summed E-state index contributed by atoms with van der Waals surface area (Å²) in [5, 5.41) is 15.3. The molecule has 2 aromatic rings. The van der Waals surface area contributed by atoms with Crippen molar-refractivity contribution in [3.8, 4) is 0 Å². The van der Waals surface area contributed by atoms with Gasteiger partial charge in [0.25, 0.3) is 0 Å². The van der Waals surface area contributed by atoms with Crippen LogP contribution in [-0.4, -0.2) is 75.9 Å². The number of hydrogen-bond donors (Lipinski definition) is 3. The molecule has 3 heterocycles. The Morgan fingerprint density at radius 3 is 2.68 bits per heavy atom. The Bertz CT molecular complexity index is 790. The van der Waals surface area contributed by atoms with Gasteiger partial charge in [-0.2, -0.15) is 5.10 Å². The lowest BCUT2D eigenvalue weighted by molar-refractivity contribution is 0.0982. The zero-order valence-corrected chi connectivity index (χ0v) is 17.5.